The molecule has 0 aromatic heterocycles. The Hall–Kier alpha value is -2.05. The zero-order chi connectivity index (χ0) is 13.6. The largest absolute Gasteiger partial charge is 0.193 e. The van der Waals surface area contributed by atoms with Gasteiger partial charge in [-0.25, -0.2) is 0 Å². The number of allylic oxidation sites excluding steroid dienone is 4. The molecule has 0 aromatic carbocycles. The minimum atomic E-state index is 0.493. The fourth-order valence-corrected chi connectivity index (χ4v) is 0.232. The Morgan fingerprint density at radius 2 is 1.12 bits per heavy atom. The molecule has 0 rings (SSSR count). The predicted molar refractivity (Wildman–Crippen MR) is 66.0 cm³/mol. The fraction of sp³-hybridized carbons (Fsp3) is 0.462. The van der Waals surface area contributed by atoms with E-state index < -0.39 is 0 Å². The van der Waals surface area contributed by atoms with Gasteiger partial charge in [-0.15, -0.1) is 0 Å². The second-order valence-electron chi connectivity index (χ2n) is 2.56. The topological polar surface area (TPSA) is 71.4 Å². The number of nitrogens with zero attached hydrogens (tertiary/aromatic N) is 3. The zero-order valence-electron chi connectivity index (χ0n) is 10.9. The van der Waals surface area contributed by atoms with Crippen LogP contribution in [0, 0.1) is 34.0 Å². The lowest BCUT2D eigenvalue weighted by molar-refractivity contribution is 1.34. The van der Waals surface area contributed by atoms with Crippen molar-refractivity contribution in [2.24, 2.45) is 0 Å². The molecule has 0 fully saturated rings. The summed E-state index contributed by atoms with van der Waals surface area (Å²) >= 11 is 0. The first kappa shape index (κ1) is 19.5. The first-order valence-electron chi connectivity index (χ1n) is 5.04. The lowest BCUT2D eigenvalue weighted by atomic mass is 10.2. The minimum absolute atomic E-state index is 0.493. The van der Waals surface area contributed by atoms with E-state index in [1.807, 2.05) is 39.0 Å². The summed E-state index contributed by atoms with van der Waals surface area (Å²) in [6.07, 6.45) is 1.78. The molecular weight excluding hydrogens is 198 g/mol. The molecule has 0 N–H and O–H groups in total. The van der Waals surface area contributed by atoms with Crippen LogP contribution in [0.4, 0.5) is 0 Å². The van der Waals surface area contributed by atoms with Crippen LogP contribution in [0.1, 0.15) is 41.5 Å². The number of rotatable bonds is 0. The molecule has 86 valence electrons. The molecule has 0 atom stereocenters. The van der Waals surface area contributed by atoms with Crippen LogP contribution in [0.5, 0.6) is 0 Å². The van der Waals surface area contributed by atoms with E-state index in [0.717, 1.165) is 5.57 Å². The van der Waals surface area contributed by atoms with Gasteiger partial charge in [0.25, 0.3) is 0 Å². The lowest BCUT2D eigenvalue weighted by Crippen LogP contribution is -1.73. The SMILES string of the molecule is C/C(C#N)=C(/C)C#N.C/C=C(/C)C#N.CC. The van der Waals surface area contributed by atoms with Crippen LogP contribution in [0.2, 0.25) is 0 Å². The van der Waals surface area contributed by atoms with Crippen molar-refractivity contribution in [1.82, 2.24) is 0 Å². The van der Waals surface area contributed by atoms with Crippen molar-refractivity contribution in [2.45, 2.75) is 41.5 Å². The van der Waals surface area contributed by atoms with Gasteiger partial charge >= 0.3 is 0 Å². The quantitative estimate of drug-likeness (QED) is 0.578. The maximum atomic E-state index is 8.18. The van der Waals surface area contributed by atoms with E-state index in [0.29, 0.717) is 11.1 Å². The van der Waals surface area contributed by atoms with Crippen molar-refractivity contribution in [3.8, 4) is 18.2 Å². The second kappa shape index (κ2) is 15.4. The summed E-state index contributed by atoms with van der Waals surface area (Å²) in [5.41, 5.74) is 1.76. The number of nitriles is 3. The molecule has 0 aliphatic carbocycles. The third kappa shape index (κ3) is 14.5. The first-order valence-corrected chi connectivity index (χ1v) is 5.04. The smallest absolute Gasteiger partial charge is 0.0954 e. The van der Waals surface area contributed by atoms with Gasteiger partial charge in [-0.05, 0) is 27.7 Å². The van der Waals surface area contributed by atoms with Gasteiger partial charge < -0.3 is 0 Å². The number of hydrogen-bond acceptors (Lipinski definition) is 3. The predicted octanol–water partition coefficient (Wildman–Crippen LogP) is 3.87. The monoisotopic (exact) mass is 217 g/mol. The molecule has 0 aliphatic heterocycles. The summed E-state index contributed by atoms with van der Waals surface area (Å²) in [6.45, 7) is 10.9. The standard InChI is InChI=1S/C6H6N2.C5H7N.C2H6/c1-5(3-7)6(2)4-8;1-3-5(2)4-6;1-2/h1-2H3;3H,1-2H3;1-2H3/b6-5+;5-3-;. The average Bonchev–Trinajstić information content (AvgIpc) is 2.38. The molecule has 0 bridgehead atoms. The van der Waals surface area contributed by atoms with Crippen molar-refractivity contribution < 1.29 is 0 Å². The zero-order valence-corrected chi connectivity index (χ0v) is 10.9. The maximum absolute atomic E-state index is 8.18. The Bertz CT molecular complexity index is 332. The summed E-state index contributed by atoms with van der Waals surface area (Å²) < 4.78 is 0. The fourth-order valence-electron chi connectivity index (χ4n) is 0.232. The van der Waals surface area contributed by atoms with Gasteiger partial charge in [-0.1, -0.05) is 19.9 Å². The Labute approximate surface area is 98.9 Å². The first-order chi connectivity index (χ1) is 7.53. The van der Waals surface area contributed by atoms with E-state index in [4.69, 9.17) is 15.8 Å². The number of hydrogen-bond donors (Lipinski definition) is 0. The second-order valence-corrected chi connectivity index (χ2v) is 2.56. The molecular formula is C13H19N3. The van der Waals surface area contributed by atoms with Gasteiger partial charge in [0.15, 0.2) is 0 Å². The molecule has 0 spiro atoms. The van der Waals surface area contributed by atoms with Gasteiger partial charge in [0.05, 0.1) is 18.2 Å². The molecule has 0 unspecified atom stereocenters. The molecule has 3 heteroatoms. The molecule has 0 aromatic rings. The van der Waals surface area contributed by atoms with Crippen LogP contribution in [0.3, 0.4) is 0 Å². The van der Waals surface area contributed by atoms with E-state index in [9.17, 15) is 0 Å². The Morgan fingerprint density at radius 3 is 1.19 bits per heavy atom. The van der Waals surface area contributed by atoms with E-state index in [-0.39, 0.29) is 0 Å². The van der Waals surface area contributed by atoms with Crippen molar-refractivity contribution in [3.63, 3.8) is 0 Å². The van der Waals surface area contributed by atoms with Crippen LogP contribution < -0.4 is 0 Å². The van der Waals surface area contributed by atoms with Gasteiger partial charge in [0, 0.05) is 16.7 Å². The Kier molecular flexibility index (Phi) is 18.8. The third-order valence-electron chi connectivity index (χ3n) is 1.51. The van der Waals surface area contributed by atoms with Gasteiger partial charge in [0.2, 0.25) is 0 Å². The van der Waals surface area contributed by atoms with Crippen LogP contribution in [-0.4, -0.2) is 0 Å². The normalized spacial score (nSPS) is 9.81. The van der Waals surface area contributed by atoms with Crippen molar-refractivity contribution >= 4 is 0 Å². The average molecular weight is 217 g/mol. The molecule has 3 nitrogen and oxygen atoms in total. The van der Waals surface area contributed by atoms with Crippen molar-refractivity contribution in [1.29, 1.82) is 15.8 Å². The third-order valence-corrected chi connectivity index (χ3v) is 1.51. The summed E-state index contributed by atoms with van der Waals surface area (Å²) in [4.78, 5) is 0. The molecule has 0 aliphatic rings. The lowest BCUT2D eigenvalue weighted by Gasteiger charge is -1.81. The van der Waals surface area contributed by atoms with Crippen LogP contribution in [0.15, 0.2) is 22.8 Å². The Balaban J connectivity index is -0.000000188. The highest BCUT2D eigenvalue weighted by Gasteiger charge is 1.89. The molecule has 0 saturated heterocycles. The van der Waals surface area contributed by atoms with E-state index in [2.05, 4.69) is 0 Å². The Morgan fingerprint density at radius 1 is 0.812 bits per heavy atom. The van der Waals surface area contributed by atoms with Gasteiger partial charge in [0.1, 0.15) is 0 Å². The summed E-state index contributed by atoms with van der Waals surface area (Å²) in [7, 11) is 0. The van der Waals surface area contributed by atoms with Crippen LogP contribution in [0.25, 0.3) is 0 Å². The van der Waals surface area contributed by atoms with E-state index >= 15 is 0 Å². The van der Waals surface area contributed by atoms with E-state index in [1.54, 1.807) is 26.8 Å². The molecule has 0 radical (unpaired) electrons. The van der Waals surface area contributed by atoms with Crippen molar-refractivity contribution in [3.05, 3.63) is 22.8 Å². The highest BCUT2D eigenvalue weighted by Crippen LogP contribution is 1.97. The van der Waals surface area contributed by atoms with Crippen LogP contribution in [-0.2, 0) is 0 Å². The summed E-state index contributed by atoms with van der Waals surface area (Å²) in [5.74, 6) is 0. The highest BCUT2D eigenvalue weighted by molar-refractivity contribution is 5.32. The molecule has 0 saturated carbocycles. The summed E-state index contributed by atoms with van der Waals surface area (Å²) in [5, 5.41) is 24.4. The van der Waals surface area contributed by atoms with Crippen LogP contribution >= 0.6 is 0 Å². The molecule has 0 amide bonds. The van der Waals surface area contributed by atoms with Crippen molar-refractivity contribution in [2.75, 3.05) is 0 Å². The molecule has 16 heavy (non-hydrogen) atoms. The minimum Gasteiger partial charge on any atom is -0.193 e. The maximum Gasteiger partial charge on any atom is 0.0954 e. The highest BCUT2D eigenvalue weighted by atomic mass is 14.3. The van der Waals surface area contributed by atoms with Gasteiger partial charge in [-0.2, -0.15) is 15.8 Å². The molecule has 0 heterocycles. The van der Waals surface area contributed by atoms with Gasteiger partial charge in [-0.3, -0.25) is 0 Å². The van der Waals surface area contributed by atoms with E-state index in [1.165, 1.54) is 0 Å². The summed E-state index contributed by atoms with van der Waals surface area (Å²) in [6, 6.07) is 5.72.